The number of rotatable bonds is 4. The SMILES string of the molecule is CC(C)OC(C)c1ccc(C(=O)O)o1. The predicted octanol–water partition coefficient (Wildman–Crippen LogP) is 2.46. The Hall–Kier alpha value is -1.29. The van der Waals surface area contributed by atoms with Crippen molar-refractivity contribution in [2.45, 2.75) is 33.0 Å². The first-order valence-electron chi connectivity index (χ1n) is 4.49. The molecule has 0 saturated carbocycles. The lowest BCUT2D eigenvalue weighted by Crippen LogP contribution is -2.06. The minimum atomic E-state index is -1.06. The summed E-state index contributed by atoms with van der Waals surface area (Å²) in [5.41, 5.74) is 0. The second kappa shape index (κ2) is 4.28. The number of furan rings is 1. The van der Waals surface area contributed by atoms with Gasteiger partial charge >= 0.3 is 5.97 Å². The van der Waals surface area contributed by atoms with E-state index in [-0.39, 0.29) is 18.0 Å². The summed E-state index contributed by atoms with van der Waals surface area (Å²) in [7, 11) is 0. The van der Waals surface area contributed by atoms with Crippen LogP contribution in [0.1, 0.15) is 43.2 Å². The molecule has 0 fully saturated rings. The number of hydrogen-bond acceptors (Lipinski definition) is 3. The topological polar surface area (TPSA) is 59.7 Å². The van der Waals surface area contributed by atoms with Crippen molar-refractivity contribution < 1.29 is 19.1 Å². The van der Waals surface area contributed by atoms with Crippen molar-refractivity contribution in [3.05, 3.63) is 23.7 Å². The summed E-state index contributed by atoms with van der Waals surface area (Å²) in [6.07, 6.45) is -0.133. The van der Waals surface area contributed by atoms with E-state index in [4.69, 9.17) is 14.3 Å². The van der Waals surface area contributed by atoms with Crippen LogP contribution in [-0.4, -0.2) is 17.2 Å². The molecule has 0 saturated heterocycles. The Morgan fingerprint density at radius 2 is 2.07 bits per heavy atom. The lowest BCUT2D eigenvalue weighted by atomic mass is 10.3. The third-order valence-electron chi connectivity index (χ3n) is 1.71. The molecule has 1 rings (SSSR count). The molecule has 1 N–H and O–H groups in total. The molecule has 0 spiro atoms. The number of ether oxygens (including phenoxy) is 1. The summed E-state index contributed by atoms with van der Waals surface area (Å²) in [4.78, 5) is 10.5. The molecule has 78 valence electrons. The molecule has 1 aromatic rings. The van der Waals surface area contributed by atoms with Crippen LogP contribution in [0.2, 0.25) is 0 Å². The van der Waals surface area contributed by atoms with Gasteiger partial charge in [0.2, 0.25) is 5.76 Å². The van der Waals surface area contributed by atoms with Gasteiger partial charge < -0.3 is 14.3 Å². The van der Waals surface area contributed by atoms with Gasteiger partial charge in [0.15, 0.2) is 0 Å². The summed E-state index contributed by atoms with van der Waals surface area (Å²) in [5, 5.41) is 8.63. The highest BCUT2D eigenvalue weighted by Crippen LogP contribution is 2.20. The lowest BCUT2D eigenvalue weighted by Gasteiger charge is -2.13. The minimum absolute atomic E-state index is 0.0563. The molecule has 1 atom stereocenters. The third kappa shape index (κ3) is 2.60. The van der Waals surface area contributed by atoms with Crippen molar-refractivity contribution in [2.75, 3.05) is 0 Å². The van der Waals surface area contributed by atoms with Crippen molar-refractivity contribution in [1.82, 2.24) is 0 Å². The standard InChI is InChI=1S/C10H14O4/c1-6(2)13-7(3)8-4-5-9(14-8)10(11)12/h4-7H,1-3H3,(H,11,12). The largest absolute Gasteiger partial charge is 0.475 e. The van der Waals surface area contributed by atoms with Crippen LogP contribution in [0.15, 0.2) is 16.5 Å². The highest BCUT2D eigenvalue weighted by atomic mass is 16.5. The number of carboxylic acids is 1. The van der Waals surface area contributed by atoms with Crippen LogP contribution in [0.3, 0.4) is 0 Å². The van der Waals surface area contributed by atoms with E-state index in [1.165, 1.54) is 6.07 Å². The zero-order valence-electron chi connectivity index (χ0n) is 8.48. The van der Waals surface area contributed by atoms with Crippen LogP contribution in [0, 0.1) is 0 Å². The number of carbonyl (C=O) groups is 1. The van der Waals surface area contributed by atoms with E-state index in [9.17, 15) is 4.79 Å². The van der Waals surface area contributed by atoms with Gasteiger partial charge in [0.1, 0.15) is 11.9 Å². The first-order valence-corrected chi connectivity index (χ1v) is 4.49. The molecule has 0 aromatic carbocycles. The Morgan fingerprint density at radius 3 is 2.50 bits per heavy atom. The van der Waals surface area contributed by atoms with E-state index in [0.29, 0.717) is 5.76 Å². The average Bonchev–Trinajstić information content (AvgIpc) is 2.50. The first-order chi connectivity index (χ1) is 6.50. The second-order valence-corrected chi connectivity index (χ2v) is 3.33. The fourth-order valence-electron chi connectivity index (χ4n) is 1.16. The molecule has 1 unspecified atom stereocenters. The van der Waals surface area contributed by atoms with Crippen LogP contribution in [0.5, 0.6) is 0 Å². The second-order valence-electron chi connectivity index (χ2n) is 3.33. The summed E-state index contributed by atoms with van der Waals surface area (Å²) in [6, 6.07) is 3.05. The van der Waals surface area contributed by atoms with E-state index in [0.717, 1.165) is 0 Å². The van der Waals surface area contributed by atoms with Gasteiger partial charge in [-0.15, -0.1) is 0 Å². The molecular formula is C10H14O4. The monoisotopic (exact) mass is 198 g/mol. The van der Waals surface area contributed by atoms with Gasteiger partial charge in [-0.3, -0.25) is 0 Å². The molecule has 0 aliphatic heterocycles. The number of carboxylic acid groups (broad SMARTS) is 1. The minimum Gasteiger partial charge on any atom is -0.475 e. The Balaban J connectivity index is 2.71. The van der Waals surface area contributed by atoms with Crippen molar-refractivity contribution in [1.29, 1.82) is 0 Å². The predicted molar refractivity (Wildman–Crippen MR) is 50.3 cm³/mol. The van der Waals surface area contributed by atoms with Gasteiger partial charge in [-0.2, -0.15) is 0 Å². The van der Waals surface area contributed by atoms with E-state index in [1.807, 2.05) is 20.8 Å². The summed E-state index contributed by atoms with van der Waals surface area (Å²) in [6.45, 7) is 5.65. The summed E-state index contributed by atoms with van der Waals surface area (Å²) in [5.74, 6) is -0.580. The maximum Gasteiger partial charge on any atom is 0.371 e. The molecule has 4 heteroatoms. The van der Waals surface area contributed by atoms with Crippen LogP contribution >= 0.6 is 0 Å². The molecule has 4 nitrogen and oxygen atoms in total. The zero-order valence-corrected chi connectivity index (χ0v) is 8.48. The van der Waals surface area contributed by atoms with Gasteiger partial charge in [0, 0.05) is 0 Å². The molecule has 0 radical (unpaired) electrons. The Bertz CT molecular complexity index is 314. The molecule has 0 aliphatic rings. The van der Waals surface area contributed by atoms with Crippen molar-refractivity contribution >= 4 is 5.97 Å². The van der Waals surface area contributed by atoms with Crippen molar-refractivity contribution in [3.63, 3.8) is 0 Å². The Kier molecular flexibility index (Phi) is 3.30. The van der Waals surface area contributed by atoms with Gasteiger partial charge in [-0.1, -0.05) is 0 Å². The van der Waals surface area contributed by atoms with E-state index >= 15 is 0 Å². The van der Waals surface area contributed by atoms with Gasteiger partial charge in [0.05, 0.1) is 6.10 Å². The normalized spacial score (nSPS) is 13.1. The maximum absolute atomic E-state index is 10.5. The van der Waals surface area contributed by atoms with E-state index in [2.05, 4.69) is 0 Å². The van der Waals surface area contributed by atoms with Crippen molar-refractivity contribution in [2.24, 2.45) is 0 Å². The Labute approximate surface area is 82.5 Å². The average molecular weight is 198 g/mol. The van der Waals surface area contributed by atoms with Crippen molar-refractivity contribution in [3.8, 4) is 0 Å². The lowest BCUT2D eigenvalue weighted by molar-refractivity contribution is 0.00510. The first kappa shape index (κ1) is 10.8. The fourth-order valence-corrected chi connectivity index (χ4v) is 1.16. The van der Waals surface area contributed by atoms with Gasteiger partial charge in [0.25, 0.3) is 0 Å². The highest BCUT2D eigenvalue weighted by molar-refractivity contribution is 5.84. The fraction of sp³-hybridized carbons (Fsp3) is 0.500. The molecule has 0 amide bonds. The number of aromatic carboxylic acids is 1. The zero-order chi connectivity index (χ0) is 10.7. The molecular weight excluding hydrogens is 184 g/mol. The third-order valence-corrected chi connectivity index (χ3v) is 1.71. The molecule has 0 aliphatic carbocycles. The molecule has 1 heterocycles. The molecule has 1 aromatic heterocycles. The van der Waals surface area contributed by atoms with Gasteiger partial charge in [-0.25, -0.2) is 4.79 Å². The quantitative estimate of drug-likeness (QED) is 0.807. The Morgan fingerprint density at radius 1 is 1.43 bits per heavy atom. The summed E-state index contributed by atoms with van der Waals surface area (Å²) >= 11 is 0. The smallest absolute Gasteiger partial charge is 0.371 e. The van der Waals surface area contributed by atoms with E-state index < -0.39 is 5.97 Å². The van der Waals surface area contributed by atoms with Crippen LogP contribution in [0.4, 0.5) is 0 Å². The van der Waals surface area contributed by atoms with Crippen LogP contribution in [0.25, 0.3) is 0 Å². The van der Waals surface area contributed by atoms with Crippen LogP contribution in [-0.2, 0) is 4.74 Å². The number of hydrogen-bond donors (Lipinski definition) is 1. The maximum atomic E-state index is 10.5. The van der Waals surface area contributed by atoms with E-state index in [1.54, 1.807) is 6.07 Å². The highest BCUT2D eigenvalue weighted by Gasteiger charge is 2.15. The van der Waals surface area contributed by atoms with Gasteiger partial charge in [-0.05, 0) is 32.9 Å². The molecule has 14 heavy (non-hydrogen) atoms. The summed E-state index contributed by atoms with van der Waals surface area (Å²) < 4.78 is 10.5. The molecule has 0 bridgehead atoms. The van der Waals surface area contributed by atoms with Crippen LogP contribution < -0.4 is 0 Å².